The van der Waals surface area contributed by atoms with Crippen LogP contribution in [0.25, 0.3) is 10.6 Å². The van der Waals surface area contributed by atoms with Crippen molar-refractivity contribution in [2.45, 2.75) is 19.5 Å². The minimum Gasteiger partial charge on any atom is -0.324 e. The molecule has 0 fully saturated rings. The molecular weight excluding hydrogens is 415 g/mol. The van der Waals surface area contributed by atoms with Crippen molar-refractivity contribution in [1.29, 1.82) is 0 Å². The molecular formula is C21H18F3N3O2S. The van der Waals surface area contributed by atoms with Crippen LogP contribution in [0, 0.1) is 0 Å². The lowest BCUT2D eigenvalue weighted by atomic mass is 10.1. The maximum atomic E-state index is 12.9. The Morgan fingerprint density at radius 2 is 1.87 bits per heavy atom. The maximum absolute atomic E-state index is 12.9. The largest absolute Gasteiger partial charge is 0.416 e. The Morgan fingerprint density at radius 3 is 2.57 bits per heavy atom. The van der Waals surface area contributed by atoms with Gasteiger partial charge < -0.3 is 10.2 Å². The van der Waals surface area contributed by atoms with Crippen LogP contribution in [0.2, 0.25) is 0 Å². The Labute approximate surface area is 175 Å². The Morgan fingerprint density at radius 1 is 1.13 bits per heavy atom. The Bertz CT molecular complexity index is 1080. The number of aromatic nitrogens is 1. The quantitative estimate of drug-likeness (QED) is 0.617. The number of hydrogen-bond acceptors (Lipinski definition) is 4. The molecule has 0 spiro atoms. The second-order valence-corrected chi connectivity index (χ2v) is 7.40. The summed E-state index contributed by atoms with van der Waals surface area (Å²) in [6, 6.07) is 11.8. The first-order valence-electron chi connectivity index (χ1n) is 8.90. The highest BCUT2D eigenvalue weighted by Gasteiger charge is 2.30. The van der Waals surface area contributed by atoms with Crippen molar-refractivity contribution in [3.8, 4) is 10.6 Å². The number of amides is 2. The predicted molar refractivity (Wildman–Crippen MR) is 110 cm³/mol. The van der Waals surface area contributed by atoms with Gasteiger partial charge in [0.25, 0.3) is 0 Å². The van der Waals surface area contributed by atoms with Crippen LogP contribution in [0.3, 0.4) is 0 Å². The van der Waals surface area contributed by atoms with Gasteiger partial charge in [0, 0.05) is 24.9 Å². The highest BCUT2D eigenvalue weighted by atomic mass is 32.1. The zero-order valence-electron chi connectivity index (χ0n) is 16.2. The van der Waals surface area contributed by atoms with Crippen LogP contribution in [0.5, 0.6) is 0 Å². The van der Waals surface area contributed by atoms with Crippen LogP contribution in [-0.4, -0.2) is 23.8 Å². The first-order chi connectivity index (χ1) is 14.1. The topological polar surface area (TPSA) is 62.3 Å². The molecule has 2 aromatic carbocycles. The van der Waals surface area contributed by atoms with Crippen molar-refractivity contribution in [3.05, 3.63) is 65.2 Å². The molecule has 156 valence electrons. The third-order valence-electron chi connectivity index (χ3n) is 4.34. The number of rotatable bonds is 5. The van der Waals surface area contributed by atoms with Gasteiger partial charge in [0.1, 0.15) is 5.01 Å². The summed E-state index contributed by atoms with van der Waals surface area (Å²) in [7, 11) is 1.61. The standard InChI is InChI=1S/C21H18F3N3O2S/c1-13(28)27(2)18-9-4-3-8-17(18)26-19(29)11-16-12-30-20(25-16)14-6-5-7-15(10-14)21(22,23)24/h3-10,12H,11H2,1-2H3,(H,26,29). The SMILES string of the molecule is CC(=O)N(C)c1ccccc1NC(=O)Cc1csc(-c2cccc(C(F)(F)F)c2)n1. The number of nitrogens with one attached hydrogen (secondary N) is 1. The molecule has 0 aliphatic rings. The molecule has 0 bridgehead atoms. The second-order valence-electron chi connectivity index (χ2n) is 6.54. The van der Waals surface area contributed by atoms with E-state index < -0.39 is 11.7 Å². The van der Waals surface area contributed by atoms with E-state index in [0.717, 1.165) is 12.1 Å². The van der Waals surface area contributed by atoms with Gasteiger partial charge in [-0.3, -0.25) is 9.59 Å². The summed E-state index contributed by atoms with van der Waals surface area (Å²) >= 11 is 1.17. The number of anilines is 2. The number of carbonyl (C=O) groups is 2. The van der Waals surface area contributed by atoms with Gasteiger partial charge >= 0.3 is 6.18 Å². The normalized spacial score (nSPS) is 11.2. The van der Waals surface area contributed by atoms with Gasteiger partial charge in [0.2, 0.25) is 11.8 Å². The van der Waals surface area contributed by atoms with E-state index in [4.69, 9.17) is 0 Å². The third-order valence-corrected chi connectivity index (χ3v) is 5.28. The number of nitrogens with zero attached hydrogens (tertiary/aromatic N) is 2. The molecule has 3 rings (SSSR count). The Kier molecular flexibility index (Phi) is 6.21. The monoisotopic (exact) mass is 433 g/mol. The van der Waals surface area contributed by atoms with Crippen molar-refractivity contribution in [1.82, 2.24) is 4.98 Å². The summed E-state index contributed by atoms with van der Waals surface area (Å²) in [5.74, 6) is -0.526. The molecule has 9 heteroatoms. The Hall–Kier alpha value is -3.20. The van der Waals surface area contributed by atoms with Gasteiger partial charge in [0.05, 0.1) is 29.1 Å². The molecule has 1 heterocycles. The van der Waals surface area contributed by atoms with Crippen LogP contribution in [-0.2, 0) is 22.2 Å². The van der Waals surface area contributed by atoms with E-state index >= 15 is 0 Å². The zero-order valence-corrected chi connectivity index (χ0v) is 17.0. The molecule has 0 aliphatic carbocycles. The van der Waals surface area contributed by atoms with E-state index in [9.17, 15) is 22.8 Å². The molecule has 1 aromatic heterocycles. The lowest BCUT2D eigenvalue weighted by molar-refractivity contribution is -0.137. The average molecular weight is 433 g/mol. The van der Waals surface area contributed by atoms with Crippen LogP contribution < -0.4 is 10.2 Å². The number of benzene rings is 2. The fourth-order valence-electron chi connectivity index (χ4n) is 2.75. The smallest absolute Gasteiger partial charge is 0.324 e. The first kappa shape index (κ1) is 21.5. The zero-order chi connectivity index (χ0) is 21.9. The minimum atomic E-state index is -4.43. The highest BCUT2D eigenvalue weighted by Crippen LogP contribution is 2.33. The van der Waals surface area contributed by atoms with Crippen molar-refractivity contribution in [3.63, 3.8) is 0 Å². The van der Waals surface area contributed by atoms with Crippen molar-refractivity contribution >= 4 is 34.5 Å². The number of thiazole rings is 1. The molecule has 2 amide bonds. The van der Waals surface area contributed by atoms with E-state index in [1.807, 2.05) is 0 Å². The molecule has 1 N–H and O–H groups in total. The van der Waals surface area contributed by atoms with Gasteiger partial charge in [0.15, 0.2) is 0 Å². The van der Waals surface area contributed by atoms with Crippen LogP contribution >= 0.6 is 11.3 Å². The third kappa shape index (κ3) is 5.04. The fraction of sp³-hybridized carbons (Fsp3) is 0.190. The summed E-state index contributed by atoms with van der Waals surface area (Å²) in [6.45, 7) is 1.42. The Balaban J connectivity index is 1.73. The van der Waals surface area contributed by atoms with E-state index in [-0.39, 0.29) is 18.2 Å². The number of para-hydroxylation sites is 2. The number of alkyl halides is 3. The number of halogens is 3. The fourth-order valence-corrected chi connectivity index (χ4v) is 3.57. The van der Waals surface area contributed by atoms with Crippen molar-refractivity contribution in [2.75, 3.05) is 17.3 Å². The van der Waals surface area contributed by atoms with Crippen LogP contribution in [0.1, 0.15) is 18.2 Å². The molecule has 0 aliphatic heterocycles. The van der Waals surface area contributed by atoms with Gasteiger partial charge in [-0.05, 0) is 24.3 Å². The van der Waals surface area contributed by atoms with E-state index in [1.165, 1.54) is 29.2 Å². The highest BCUT2D eigenvalue weighted by molar-refractivity contribution is 7.13. The van der Waals surface area contributed by atoms with Crippen molar-refractivity contribution < 1.29 is 22.8 Å². The molecule has 0 saturated carbocycles. The van der Waals surface area contributed by atoms with Crippen LogP contribution in [0.15, 0.2) is 53.9 Å². The van der Waals surface area contributed by atoms with Gasteiger partial charge in [-0.2, -0.15) is 13.2 Å². The second kappa shape index (κ2) is 8.66. The lowest BCUT2D eigenvalue weighted by Gasteiger charge is -2.19. The first-order valence-corrected chi connectivity index (χ1v) is 9.78. The average Bonchev–Trinajstić information content (AvgIpc) is 3.15. The summed E-state index contributed by atoms with van der Waals surface area (Å²) in [4.78, 5) is 29.8. The van der Waals surface area contributed by atoms with E-state index in [0.29, 0.717) is 27.6 Å². The molecule has 0 atom stereocenters. The number of hydrogen-bond donors (Lipinski definition) is 1. The molecule has 0 radical (unpaired) electrons. The minimum absolute atomic E-state index is 0.0480. The van der Waals surface area contributed by atoms with Gasteiger partial charge in [-0.15, -0.1) is 11.3 Å². The van der Waals surface area contributed by atoms with E-state index in [1.54, 1.807) is 42.8 Å². The maximum Gasteiger partial charge on any atom is 0.416 e. The molecule has 0 unspecified atom stereocenters. The summed E-state index contributed by atoms with van der Waals surface area (Å²) in [5.41, 5.74) is 1.08. The molecule has 30 heavy (non-hydrogen) atoms. The lowest BCUT2D eigenvalue weighted by Crippen LogP contribution is -2.25. The summed E-state index contributed by atoms with van der Waals surface area (Å²) < 4.78 is 38.7. The van der Waals surface area contributed by atoms with Crippen LogP contribution in [0.4, 0.5) is 24.5 Å². The van der Waals surface area contributed by atoms with E-state index in [2.05, 4.69) is 10.3 Å². The van der Waals surface area contributed by atoms with Crippen molar-refractivity contribution in [2.24, 2.45) is 0 Å². The summed E-state index contributed by atoms with van der Waals surface area (Å²) in [6.07, 6.45) is -4.48. The molecule has 3 aromatic rings. The van der Waals surface area contributed by atoms with Gasteiger partial charge in [-0.25, -0.2) is 4.98 Å². The van der Waals surface area contributed by atoms with Gasteiger partial charge in [-0.1, -0.05) is 24.3 Å². The number of carbonyl (C=O) groups excluding carboxylic acids is 2. The summed E-state index contributed by atoms with van der Waals surface area (Å²) in [5, 5.41) is 4.80. The predicted octanol–water partition coefficient (Wildman–Crippen LogP) is 4.99. The molecule has 5 nitrogen and oxygen atoms in total. The molecule has 0 saturated heterocycles.